The number of amides is 1. The number of unbranched alkanes of at least 4 members (excludes halogenated alkanes) is 2. The van der Waals surface area contributed by atoms with Gasteiger partial charge in [-0.05, 0) is 108 Å². The Morgan fingerprint density at radius 3 is 2.49 bits per heavy atom. The van der Waals surface area contributed by atoms with Crippen molar-refractivity contribution >= 4 is 28.1 Å². The van der Waals surface area contributed by atoms with Gasteiger partial charge in [-0.2, -0.15) is 0 Å². The van der Waals surface area contributed by atoms with Crippen LogP contribution in [0.4, 0.5) is 5.69 Å². The summed E-state index contributed by atoms with van der Waals surface area (Å²) >= 11 is 0. The average Bonchev–Trinajstić information content (AvgIpc) is 4.16. The SMILES string of the molecule is C=CCOC12Oc3ccc(OCCN4CC4)cc3C3C(CCCCO)C(CCCCO)C=C(C(=NOCc4ccc([N+](=O)[O-])cc4)CC1N(CCC)C(=O)c1ccc4ccccc4c1)C32. The fourth-order valence-electron chi connectivity index (χ4n) is 10.4. The number of rotatable bonds is 23. The predicted octanol–water partition coefficient (Wildman–Crippen LogP) is 8.83. The number of nitro groups is 1. The number of non-ortho nitro benzene ring substituents is 1. The Balaban J connectivity index is 1.30. The minimum absolute atomic E-state index is 0.0100. The van der Waals surface area contributed by atoms with Crippen molar-refractivity contribution < 1.29 is 39.0 Å². The molecule has 6 unspecified atom stereocenters. The molecule has 0 radical (unpaired) electrons. The van der Waals surface area contributed by atoms with E-state index in [4.69, 9.17) is 24.2 Å². The molecule has 13 heteroatoms. The van der Waals surface area contributed by atoms with Gasteiger partial charge in [-0.15, -0.1) is 6.58 Å². The molecule has 344 valence electrons. The van der Waals surface area contributed by atoms with Crippen LogP contribution in [0.5, 0.6) is 11.5 Å². The molecule has 13 nitrogen and oxygen atoms in total. The second-order valence-electron chi connectivity index (χ2n) is 17.7. The molecule has 1 amide bonds. The maximum atomic E-state index is 15.3. The molecule has 0 bridgehead atoms. The van der Waals surface area contributed by atoms with Crippen molar-refractivity contribution in [3.8, 4) is 11.5 Å². The summed E-state index contributed by atoms with van der Waals surface area (Å²) in [5.41, 5.74) is 3.87. The van der Waals surface area contributed by atoms with Gasteiger partial charge in [0.2, 0.25) is 5.79 Å². The van der Waals surface area contributed by atoms with Crippen LogP contribution < -0.4 is 9.47 Å². The Hall–Kier alpha value is -5.60. The van der Waals surface area contributed by atoms with Crippen molar-refractivity contribution in [2.75, 3.05) is 52.6 Å². The second kappa shape index (κ2) is 21.1. The number of oxime groups is 1. The monoisotopic (exact) mass is 886 g/mol. The van der Waals surface area contributed by atoms with E-state index in [1.165, 1.54) is 12.1 Å². The second-order valence-corrected chi connectivity index (χ2v) is 17.7. The van der Waals surface area contributed by atoms with E-state index >= 15 is 4.79 Å². The fraction of sp³-hybridized carbons (Fsp3) is 0.462. The first-order valence-corrected chi connectivity index (χ1v) is 23.4. The highest BCUT2D eigenvalue weighted by Gasteiger charge is 2.65. The number of aliphatic hydroxyl groups excluding tert-OH is 2. The van der Waals surface area contributed by atoms with Crippen LogP contribution in [0.3, 0.4) is 0 Å². The summed E-state index contributed by atoms with van der Waals surface area (Å²) in [6.45, 7) is 10.5. The number of nitrogens with zero attached hydrogens (tertiary/aromatic N) is 4. The molecule has 4 aromatic carbocycles. The Bertz CT molecular complexity index is 2360. The third-order valence-electron chi connectivity index (χ3n) is 13.5. The number of aliphatic hydroxyl groups is 2. The molecule has 2 heterocycles. The van der Waals surface area contributed by atoms with Crippen LogP contribution in [0, 0.1) is 27.9 Å². The van der Waals surface area contributed by atoms with Gasteiger partial charge in [-0.25, -0.2) is 0 Å². The first kappa shape index (κ1) is 45.9. The lowest BCUT2D eigenvalue weighted by Crippen LogP contribution is -2.70. The largest absolute Gasteiger partial charge is 0.492 e. The van der Waals surface area contributed by atoms with Gasteiger partial charge in [0.15, 0.2) is 0 Å². The maximum absolute atomic E-state index is 15.3. The van der Waals surface area contributed by atoms with Crippen LogP contribution in [-0.4, -0.2) is 101 Å². The first-order chi connectivity index (χ1) is 31.8. The number of fused-ring (bicyclic) bond motifs is 3. The first-order valence-electron chi connectivity index (χ1n) is 23.4. The van der Waals surface area contributed by atoms with Crippen LogP contribution >= 0.6 is 0 Å². The Morgan fingerprint density at radius 2 is 1.77 bits per heavy atom. The van der Waals surface area contributed by atoms with E-state index in [0.29, 0.717) is 49.4 Å². The summed E-state index contributed by atoms with van der Waals surface area (Å²) in [4.78, 5) is 36.7. The van der Waals surface area contributed by atoms with E-state index < -0.39 is 22.7 Å². The summed E-state index contributed by atoms with van der Waals surface area (Å²) in [5.74, 6) is -0.667. The van der Waals surface area contributed by atoms with E-state index in [9.17, 15) is 20.3 Å². The van der Waals surface area contributed by atoms with Crippen LogP contribution in [-0.2, 0) is 16.2 Å². The zero-order valence-electron chi connectivity index (χ0n) is 37.4. The number of benzene rings is 4. The van der Waals surface area contributed by atoms with Crippen LogP contribution in [0.2, 0.25) is 0 Å². The normalized spacial score (nSPS) is 23.8. The minimum atomic E-state index is -1.40. The average molecular weight is 887 g/mol. The number of allylic oxidation sites excluding steroid dienone is 1. The van der Waals surface area contributed by atoms with Gasteiger partial charge in [-0.1, -0.05) is 67.4 Å². The lowest BCUT2D eigenvalue weighted by Gasteiger charge is -2.60. The molecule has 4 aromatic rings. The zero-order chi connectivity index (χ0) is 45.3. The van der Waals surface area contributed by atoms with Gasteiger partial charge in [0, 0.05) is 75.0 Å². The molecule has 1 saturated heterocycles. The Labute approximate surface area is 381 Å². The third-order valence-corrected chi connectivity index (χ3v) is 13.5. The minimum Gasteiger partial charge on any atom is -0.492 e. The van der Waals surface area contributed by atoms with Crippen molar-refractivity contribution in [2.45, 2.75) is 82.6 Å². The number of carbonyl (C=O) groups is 1. The topological polar surface area (TPSA) is 156 Å². The highest BCUT2D eigenvalue weighted by atomic mass is 16.7. The van der Waals surface area contributed by atoms with Gasteiger partial charge in [0.05, 0.1) is 23.2 Å². The van der Waals surface area contributed by atoms with Gasteiger partial charge in [0.1, 0.15) is 30.8 Å². The van der Waals surface area contributed by atoms with Crippen LogP contribution in [0.15, 0.2) is 114 Å². The van der Waals surface area contributed by atoms with Gasteiger partial charge in [0.25, 0.3) is 11.6 Å². The third kappa shape index (κ3) is 10.1. The van der Waals surface area contributed by atoms with Crippen molar-refractivity contribution in [3.63, 3.8) is 0 Å². The summed E-state index contributed by atoms with van der Waals surface area (Å²) in [7, 11) is 0. The van der Waals surface area contributed by atoms with Crippen molar-refractivity contribution in [1.29, 1.82) is 0 Å². The summed E-state index contributed by atoms with van der Waals surface area (Å²) < 4.78 is 21.0. The number of hydrogen-bond acceptors (Lipinski definition) is 11. The maximum Gasteiger partial charge on any atom is 0.269 e. The molecular formula is C52H62N4O9. The Kier molecular flexibility index (Phi) is 14.9. The van der Waals surface area contributed by atoms with E-state index in [1.54, 1.807) is 18.2 Å². The van der Waals surface area contributed by atoms with Gasteiger partial charge >= 0.3 is 0 Å². The van der Waals surface area contributed by atoms with E-state index in [1.807, 2.05) is 59.5 Å². The van der Waals surface area contributed by atoms with Crippen LogP contribution in [0.1, 0.15) is 85.7 Å². The lowest BCUT2D eigenvalue weighted by atomic mass is 9.55. The molecule has 2 aliphatic carbocycles. The predicted molar refractivity (Wildman–Crippen MR) is 250 cm³/mol. The molecule has 8 rings (SSSR count). The van der Waals surface area contributed by atoms with Crippen LogP contribution in [0.25, 0.3) is 10.8 Å². The molecule has 0 aromatic heterocycles. The van der Waals surface area contributed by atoms with Crippen molar-refractivity contribution in [1.82, 2.24) is 9.80 Å². The standard InChI is InChI=1S/C52H62N4O9/c1-3-23-55(51(59)40-18-17-37-11-5-6-12-38(37)31-40)48-34-46(53-64-35-36-15-19-41(20-16-36)56(60)61)44-32-39(13-7-9-27-57)43(14-8-10-28-58)49-45-33-42(62-30-26-54-24-25-54)21-22-47(45)65-52(48,50(44)49)63-29-4-2/h4-6,11-12,15-22,31-33,39,43,48-50,57-58H,2-3,7-10,13-14,23-30,34-35H2,1H3. The smallest absolute Gasteiger partial charge is 0.269 e. The number of carbonyl (C=O) groups excluding carboxylic acids is 1. The van der Waals surface area contributed by atoms with E-state index in [-0.39, 0.29) is 62.2 Å². The number of nitro benzene ring substituents is 1. The van der Waals surface area contributed by atoms with Gasteiger partial charge < -0.3 is 34.2 Å². The zero-order valence-corrected chi connectivity index (χ0v) is 37.4. The van der Waals surface area contributed by atoms with E-state index in [2.05, 4.69) is 30.5 Å². The highest BCUT2D eigenvalue weighted by Crippen LogP contribution is 2.62. The number of ether oxygens (including phenoxy) is 3. The summed E-state index contributed by atoms with van der Waals surface area (Å²) in [6, 6.07) is 25.5. The molecular weight excluding hydrogens is 825 g/mol. The highest BCUT2D eigenvalue weighted by molar-refractivity contribution is 6.04. The molecule has 1 saturated carbocycles. The summed E-state index contributed by atoms with van der Waals surface area (Å²) in [6.07, 6.45) is 9.54. The quantitative estimate of drug-likeness (QED) is 0.0243. The lowest BCUT2D eigenvalue weighted by molar-refractivity contribution is -0.384. The molecule has 6 atom stereocenters. The summed E-state index contributed by atoms with van der Waals surface area (Å²) in [5, 5.41) is 38.3. The van der Waals surface area contributed by atoms with Crippen molar-refractivity contribution in [3.05, 3.63) is 136 Å². The molecule has 2 aliphatic heterocycles. The van der Waals surface area contributed by atoms with E-state index in [0.717, 1.165) is 78.5 Å². The molecule has 2 N–H and O–H groups in total. The number of hydrogen-bond donors (Lipinski definition) is 2. The molecule has 0 spiro atoms. The fourth-order valence-corrected chi connectivity index (χ4v) is 10.4. The van der Waals surface area contributed by atoms with Gasteiger partial charge in [-0.3, -0.25) is 19.8 Å². The molecule has 4 aliphatic rings. The molecule has 65 heavy (non-hydrogen) atoms. The molecule has 2 fully saturated rings. The van der Waals surface area contributed by atoms with Crippen molar-refractivity contribution in [2.24, 2.45) is 22.9 Å². The Morgan fingerprint density at radius 1 is 1.00 bits per heavy atom.